The van der Waals surface area contributed by atoms with Gasteiger partial charge in [0.1, 0.15) is 12.4 Å². The Morgan fingerprint density at radius 3 is 2.64 bits per heavy atom. The average Bonchev–Trinajstić information content (AvgIpc) is 3.47. The van der Waals surface area contributed by atoms with E-state index in [0.29, 0.717) is 17.9 Å². The largest absolute Gasteiger partial charge is 0.492 e. The number of nitrogens with one attached hydrogen (secondary N) is 1. The summed E-state index contributed by atoms with van der Waals surface area (Å²) in [4.78, 5) is 13.1. The van der Waals surface area contributed by atoms with Crippen molar-refractivity contribution < 1.29 is 9.53 Å². The molecule has 4 heteroatoms. The number of rotatable bonds is 6. The van der Waals surface area contributed by atoms with E-state index in [4.69, 9.17) is 10.5 Å². The average molecular weight is 374 g/mol. The van der Waals surface area contributed by atoms with Gasteiger partial charge in [-0.05, 0) is 60.7 Å². The maximum Gasteiger partial charge on any atom is 0.252 e. The fourth-order valence-electron chi connectivity index (χ4n) is 3.68. The van der Waals surface area contributed by atoms with Gasteiger partial charge >= 0.3 is 0 Å². The lowest BCUT2D eigenvalue weighted by Gasteiger charge is -2.21. The summed E-state index contributed by atoms with van der Waals surface area (Å²) in [7, 11) is 0. The number of hydrogen-bond acceptors (Lipinski definition) is 3. The van der Waals surface area contributed by atoms with Crippen LogP contribution in [-0.4, -0.2) is 18.6 Å². The number of amides is 1. The van der Waals surface area contributed by atoms with E-state index in [9.17, 15) is 4.79 Å². The molecule has 4 nitrogen and oxygen atoms in total. The first-order valence-electron chi connectivity index (χ1n) is 9.78. The predicted molar refractivity (Wildman–Crippen MR) is 113 cm³/mol. The Bertz CT molecular complexity index is 1020. The molecule has 0 saturated heterocycles. The molecule has 1 saturated carbocycles. The van der Waals surface area contributed by atoms with Crippen molar-refractivity contribution in [1.82, 2.24) is 5.32 Å². The molecule has 1 fully saturated rings. The lowest BCUT2D eigenvalue weighted by atomic mass is 9.96. The minimum atomic E-state index is -0.285. The van der Waals surface area contributed by atoms with Crippen LogP contribution in [-0.2, 0) is 5.54 Å². The highest BCUT2D eigenvalue weighted by atomic mass is 16.5. The van der Waals surface area contributed by atoms with Gasteiger partial charge in [0.05, 0.1) is 5.54 Å². The van der Waals surface area contributed by atoms with Gasteiger partial charge in [-0.1, -0.05) is 48.5 Å². The van der Waals surface area contributed by atoms with E-state index in [2.05, 4.69) is 35.6 Å². The molecular formula is C24H26N2O2. The normalized spacial score (nSPS) is 15.8. The molecule has 0 radical (unpaired) electrons. The molecule has 1 aliphatic rings. The van der Waals surface area contributed by atoms with Crippen molar-refractivity contribution in [3.63, 3.8) is 0 Å². The smallest absolute Gasteiger partial charge is 0.252 e. The molecule has 1 atom stereocenters. The number of ether oxygens (including phenoxy) is 1. The molecule has 144 valence electrons. The molecule has 0 heterocycles. The van der Waals surface area contributed by atoms with E-state index in [-0.39, 0.29) is 17.5 Å². The second-order valence-electron chi connectivity index (χ2n) is 7.83. The lowest BCUT2D eigenvalue weighted by Crippen LogP contribution is -2.35. The first-order valence-corrected chi connectivity index (χ1v) is 9.78. The molecule has 1 unspecified atom stereocenters. The Kier molecular flexibility index (Phi) is 4.82. The fourth-order valence-corrected chi connectivity index (χ4v) is 3.68. The van der Waals surface area contributed by atoms with Crippen LogP contribution in [0.15, 0.2) is 60.7 Å². The topological polar surface area (TPSA) is 64.3 Å². The van der Waals surface area contributed by atoms with Gasteiger partial charge in [0, 0.05) is 11.6 Å². The summed E-state index contributed by atoms with van der Waals surface area (Å²) >= 11 is 0. The highest BCUT2D eigenvalue weighted by Gasteiger charge is 2.46. The number of nitrogens with two attached hydrogens (primary N) is 1. The third kappa shape index (κ3) is 3.60. The molecule has 0 spiro atoms. The monoisotopic (exact) mass is 374 g/mol. The minimum absolute atomic E-state index is 0.0559. The summed E-state index contributed by atoms with van der Waals surface area (Å²) < 4.78 is 5.70. The van der Waals surface area contributed by atoms with E-state index in [1.54, 1.807) is 0 Å². The molecule has 0 bridgehead atoms. The number of fused-ring (bicyclic) bond motifs is 1. The molecule has 1 aliphatic carbocycles. The van der Waals surface area contributed by atoms with Crippen molar-refractivity contribution >= 4 is 16.7 Å². The predicted octanol–water partition coefficient (Wildman–Crippen LogP) is 4.29. The van der Waals surface area contributed by atoms with E-state index < -0.39 is 0 Å². The van der Waals surface area contributed by atoms with Crippen molar-refractivity contribution in [2.24, 2.45) is 5.73 Å². The molecule has 3 aromatic rings. The molecule has 3 aromatic carbocycles. The van der Waals surface area contributed by atoms with Crippen LogP contribution in [0.5, 0.6) is 5.75 Å². The van der Waals surface area contributed by atoms with Crippen LogP contribution in [0.4, 0.5) is 0 Å². The van der Waals surface area contributed by atoms with Gasteiger partial charge in [-0.2, -0.15) is 0 Å². The molecule has 4 rings (SSSR count). The van der Waals surface area contributed by atoms with Crippen LogP contribution >= 0.6 is 0 Å². The van der Waals surface area contributed by atoms with Gasteiger partial charge in [0.15, 0.2) is 0 Å². The van der Waals surface area contributed by atoms with Crippen LogP contribution in [0.3, 0.4) is 0 Å². The zero-order chi connectivity index (χ0) is 19.7. The third-order valence-electron chi connectivity index (χ3n) is 5.37. The van der Waals surface area contributed by atoms with Gasteiger partial charge in [0.2, 0.25) is 0 Å². The third-order valence-corrected chi connectivity index (χ3v) is 5.37. The number of benzene rings is 3. The lowest BCUT2D eigenvalue weighted by molar-refractivity contribution is 0.0930. The van der Waals surface area contributed by atoms with Gasteiger partial charge in [-0.3, -0.25) is 4.79 Å². The SMILES string of the molecule is Cc1ccc(OCC(C)N)cc1C(=O)NC1(c2cccc3ccccc23)CC1. The van der Waals surface area contributed by atoms with Gasteiger partial charge in [-0.25, -0.2) is 0 Å². The number of aryl methyl sites for hydroxylation is 1. The molecule has 28 heavy (non-hydrogen) atoms. The van der Waals surface area contributed by atoms with Crippen molar-refractivity contribution in [2.75, 3.05) is 6.61 Å². The quantitative estimate of drug-likeness (QED) is 0.676. The summed E-state index contributed by atoms with van der Waals surface area (Å²) in [6, 6.07) is 20.2. The van der Waals surface area contributed by atoms with Crippen LogP contribution in [0.1, 0.15) is 41.3 Å². The first kappa shape index (κ1) is 18.5. The molecule has 3 N–H and O–H groups in total. The van der Waals surface area contributed by atoms with E-state index in [0.717, 1.165) is 18.4 Å². The number of carbonyl (C=O) groups is 1. The van der Waals surface area contributed by atoms with Crippen molar-refractivity contribution in [2.45, 2.75) is 38.3 Å². The fraction of sp³-hybridized carbons (Fsp3) is 0.292. The van der Waals surface area contributed by atoms with Crippen LogP contribution < -0.4 is 15.8 Å². The maximum atomic E-state index is 13.1. The summed E-state index contributed by atoms with van der Waals surface area (Å²) in [6.07, 6.45) is 1.90. The van der Waals surface area contributed by atoms with Gasteiger partial charge in [-0.15, -0.1) is 0 Å². The zero-order valence-corrected chi connectivity index (χ0v) is 16.4. The molecule has 1 amide bonds. The number of hydrogen-bond donors (Lipinski definition) is 2. The maximum absolute atomic E-state index is 13.1. The summed E-state index contributed by atoms with van der Waals surface area (Å²) in [5, 5.41) is 5.71. The highest BCUT2D eigenvalue weighted by Crippen LogP contribution is 2.48. The van der Waals surface area contributed by atoms with E-state index in [1.165, 1.54) is 16.3 Å². The number of carbonyl (C=O) groups excluding carboxylic acids is 1. The van der Waals surface area contributed by atoms with Crippen molar-refractivity contribution in [3.8, 4) is 5.75 Å². The van der Waals surface area contributed by atoms with Crippen molar-refractivity contribution in [1.29, 1.82) is 0 Å². The van der Waals surface area contributed by atoms with Gasteiger partial charge < -0.3 is 15.8 Å². The summed E-state index contributed by atoms with van der Waals surface area (Å²) in [5.41, 5.74) is 8.25. The Balaban J connectivity index is 1.60. The van der Waals surface area contributed by atoms with E-state index >= 15 is 0 Å². The first-order chi connectivity index (χ1) is 13.5. The van der Waals surface area contributed by atoms with Crippen molar-refractivity contribution in [3.05, 3.63) is 77.4 Å². The summed E-state index contributed by atoms with van der Waals surface area (Å²) in [5.74, 6) is 0.609. The Labute approximate surface area is 165 Å². The molecule has 0 aliphatic heterocycles. The zero-order valence-electron chi connectivity index (χ0n) is 16.4. The molecular weight excluding hydrogens is 348 g/mol. The van der Waals surface area contributed by atoms with Crippen LogP contribution in [0, 0.1) is 6.92 Å². The second kappa shape index (κ2) is 7.28. The minimum Gasteiger partial charge on any atom is -0.492 e. The Hall–Kier alpha value is -2.85. The standard InChI is InChI=1S/C24H26N2O2/c1-16-10-11-19(28-15-17(2)25)14-21(16)23(27)26-24(12-13-24)22-9-5-7-18-6-3-4-8-20(18)22/h3-11,14,17H,12-13,15,25H2,1-2H3,(H,26,27). The summed E-state index contributed by atoms with van der Waals surface area (Å²) in [6.45, 7) is 4.26. The van der Waals surface area contributed by atoms with Gasteiger partial charge in [0.25, 0.3) is 5.91 Å². The van der Waals surface area contributed by atoms with E-state index in [1.807, 2.05) is 44.2 Å². The Morgan fingerprint density at radius 1 is 1.14 bits per heavy atom. The highest BCUT2D eigenvalue weighted by molar-refractivity contribution is 5.97. The van der Waals surface area contributed by atoms with Crippen LogP contribution in [0.2, 0.25) is 0 Å². The Morgan fingerprint density at radius 2 is 1.89 bits per heavy atom. The molecule has 0 aromatic heterocycles. The van der Waals surface area contributed by atoms with Crippen LogP contribution in [0.25, 0.3) is 10.8 Å². The second-order valence-corrected chi connectivity index (χ2v) is 7.83.